The molecule has 0 aliphatic carbocycles. The van der Waals surface area contributed by atoms with Gasteiger partial charge < -0.3 is 9.80 Å². The summed E-state index contributed by atoms with van der Waals surface area (Å²) in [5, 5.41) is 4.36. The van der Waals surface area contributed by atoms with Gasteiger partial charge in [-0.1, -0.05) is 12.5 Å². The second kappa shape index (κ2) is 8.41. The molecular weight excluding hydrogens is 389 g/mol. The zero-order valence-electron chi connectivity index (χ0n) is 17.1. The van der Waals surface area contributed by atoms with Crippen LogP contribution in [0.15, 0.2) is 23.0 Å². The maximum absolute atomic E-state index is 13.8. The molecule has 0 atom stereocenters. The lowest BCUT2D eigenvalue weighted by molar-refractivity contribution is -0.133. The zero-order valence-corrected chi connectivity index (χ0v) is 17.1. The Hall–Kier alpha value is -2.97. The molecule has 0 bridgehead atoms. The summed E-state index contributed by atoms with van der Waals surface area (Å²) >= 11 is 0. The fourth-order valence-electron chi connectivity index (χ4n) is 4.02. The number of hydrogen-bond acceptors (Lipinski definition) is 4. The van der Waals surface area contributed by atoms with Gasteiger partial charge in [0.25, 0.3) is 5.91 Å². The average molecular weight is 415 g/mol. The summed E-state index contributed by atoms with van der Waals surface area (Å²) in [6, 6.07) is 4.46. The van der Waals surface area contributed by atoms with E-state index in [-0.39, 0.29) is 24.0 Å². The lowest BCUT2D eigenvalue weighted by Crippen LogP contribution is -2.51. The minimum Gasteiger partial charge on any atom is -0.338 e. The topological polar surface area (TPSA) is 80.4 Å². The van der Waals surface area contributed by atoms with Gasteiger partial charge in [-0.2, -0.15) is 5.10 Å². The second-order valence-electron chi connectivity index (χ2n) is 7.96. The van der Waals surface area contributed by atoms with Crippen molar-refractivity contribution >= 4 is 11.8 Å². The van der Waals surface area contributed by atoms with Crippen LogP contribution in [0.3, 0.4) is 0 Å². The first-order chi connectivity index (χ1) is 14.4. The minimum atomic E-state index is -0.404. The first-order valence-electron chi connectivity index (χ1n) is 10.4. The number of benzene rings is 1. The maximum Gasteiger partial charge on any atom is 0.346 e. The molecule has 1 saturated heterocycles. The molecule has 2 amide bonds. The molecule has 2 aliphatic heterocycles. The molecule has 2 aliphatic rings. The Kier molecular flexibility index (Phi) is 5.69. The zero-order chi connectivity index (χ0) is 21.3. The third-order valence-corrected chi connectivity index (χ3v) is 5.90. The van der Waals surface area contributed by atoms with E-state index in [4.69, 9.17) is 0 Å². The number of halogens is 1. The molecule has 30 heavy (non-hydrogen) atoms. The number of carbonyl (C=O) groups is 2. The van der Waals surface area contributed by atoms with Gasteiger partial charge in [-0.3, -0.25) is 14.2 Å². The summed E-state index contributed by atoms with van der Waals surface area (Å²) < 4.78 is 16.7. The number of fused-ring (bicyclic) bond motifs is 1. The van der Waals surface area contributed by atoms with Crippen LogP contribution in [0.4, 0.5) is 4.39 Å². The molecule has 0 unspecified atom stereocenters. The van der Waals surface area contributed by atoms with Crippen LogP contribution >= 0.6 is 0 Å². The molecular formula is C21H26FN5O3. The van der Waals surface area contributed by atoms with E-state index in [9.17, 15) is 18.8 Å². The number of carbonyl (C=O) groups excluding carboxylic acids is 2. The fraction of sp³-hybridized carbons (Fsp3) is 0.524. The van der Waals surface area contributed by atoms with Crippen molar-refractivity contribution in [2.45, 2.75) is 45.7 Å². The number of piperazine rings is 1. The quantitative estimate of drug-likeness (QED) is 0.755. The lowest BCUT2D eigenvalue weighted by atomic mass is 10.1. The lowest BCUT2D eigenvalue weighted by Gasteiger charge is -2.34. The first-order valence-corrected chi connectivity index (χ1v) is 10.4. The van der Waals surface area contributed by atoms with E-state index in [1.165, 1.54) is 10.7 Å². The third-order valence-electron chi connectivity index (χ3n) is 5.90. The van der Waals surface area contributed by atoms with Crippen LogP contribution in [-0.4, -0.2) is 62.1 Å². The molecule has 3 heterocycles. The molecule has 2 aromatic rings. The van der Waals surface area contributed by atoms with Gasteiger partial charge in [-0.15, -0.1) is 0 Å². The summed E-state index contributed by atoms with van der Waals surface area (Å²) in [7, 11) is 0. The van der Waals surface area contributed by atoms with Gasteiger partial charge in [0, 0.05) is 44.7 Å². The number of aryl methyl sites for hydroxylation is 2. The van der Waals surface area contributed by atoms with Crippen LogP contribution < -0.4 is 5.69 Å². The number of hydrogen-bond donors (Lipinski definition) is 0. The summed E-state index contributed by atoms with van der Waals surface area (Å²) in [5.41, 5.74) is 0.577. The van der Waals surface area contributed by atoms with Gasteiger partial charge in [0.15, 0.2) is 0 Å². The van der Waals surface area contributed by atoms with Crippen LogP contribution in [0.5, 0.6) is 0 Å². The predicted molar refractivity (Wildman–Crippen MR) is 108 cm³/mol. The molecule has 1 fully saturated rings. The minimum absolute atomic E-state index is 0.0873. The highest BCUT2D eigenvalue weighted by Crippen LogP contribution is 2.14. The maximum atomic E-state index is 13.8. The smallest absolute Gasteiger partial charge is 0.338 e. The molecule has 0 radical (unpaired) electrons. The first kappa shape index (κ1) is 20.3. The van der Waals surface area contributed by atoms with Crippen molar-refractivity contribution in [3.8, 4) is 0 Å². The van der Waals surface area contributed by atoms with Crippen LogP contribution in [0.1, 0.15) is 41.0 Å². The number of nitrogens with zero attached hydrogens (tertiary/aromatic N) is 5. The van der Waals surface area contributed by atoms with Crippen molar-refractivity contribution in [2.75, 3.05) is 26.2 Å². The van der Waals surface area contributed by atoms with Gasteiger partial charge in [0.2, 0.25) is 5.91 Å². The molecule has 1 aromatic heterocycles. The molecule has 0 N–H and O–H groups in total. The van der Waals surface area contributed by atoms with Crippen molar-refractivity contribution in [1.82, 2.24) is 24.1 Å². The standard InChI is InChI=1S/C21H26FN5O3/c1-15-6-7-16(13-17(15)22)20(29)25-11-9-24(10-12-25)19(28)14-27-21(30)26-8-4-2-3-5-18(26)23-27/h6-7,13H,2-5,8-12,14H2,1H3. The van der Waals surface area contributed by atoms with Gasteiger partial charge in [-0.25, -0.2) is 13.9 Å². The van der Waals surface area contributed by atoms with Crippen molar-refractivity contribution in [3.05, 3.63) is 51.5 Å². The highest BCUT2D eigenvalue weighted by atomic mass is 19.1. The summed E-state index contributed by atoms with van der Waals surface area (Å²) in [6.07, 6.45) is 3.80. The summed E-state index contributed by atoms with van der Waals surface area (Å²) in [4.78, 5) is 41.1. The molecule has 1 aromatic carbocycles. The molecule has 0 saturated carbocycles. The Balaban J connectivity index is 1.36. The molecule has 160 valence electrons. The molecule has 0 spiro atoms. The summed E-state index contributed by atoms with van der Waals surface area (Å²) in [5.74, 6) is -0.0708. The van der Waals surface area contributed by atoms with Gasteiger partial charge >= 0.3 is 5.69 Å². The van der Waals surface area contributed by atoms with Crippen LogP contribution in [-0.2, 0) is 24.3 Å². The normalized spacial score (nSPS) is 16.9. The van der Waals surface area contributed by atoms with E-state index >= 15 is 0 Å². The van der Waals surface area contributed by atoms with Crippen LogP contribution in [0.25, 0.3) is 0 Å². The Morgan fingerprint density at radius 2 is 1.77 bits per heavy atom. The van der Waals surface area contributed by atoms with Crippen LogP contribution in [0, 0.1) is 12.7 Å². The molecule has 9 heteroatoms. The largest absolute Gasteiger partial charge is 0.346 e. The number of amides is 2. The van der Waals surface area contributed by atoms with Crippen molar-refractivity contribution in [3.63, 3.8) is 0 Å². The monoisotopic (exact) mass is 415 g/mol. The van der Waals surface area contributed by atoms with Crippen LogP contribution in [0.2, 0.25) is 0 Å². The Morgan fingerprint density at radius 3 is 2.50 bits per heavy atom. The SMILES string of the molecule is Cc1ccc(C(=O)N2CCN(C(=O)Cn3nc4n(c3=O)CCCCC4)CC2)cc1F. The number of aromatic nitrogens is 3. The molecule has 8 nitrogen and oxygen atoms in total. The highest BCUT2D eigenvalue weighted by Gasteiger charge is 2.26. The number of rotatable bonds is 3. The van der Waals surface area contributed by atoms with Gasteiger partial charge in [0.05, 0.1) is 0 Å². The highest BCUT2D eigenvalue weighted by molar-refractivity contribution is 5.94. The van der Waals surface area contributed by atoms with Gasteiger partial charge in [0.1, 0.15) is 18.2 Å². The van der Waals surface area contributed by atoms with Crippen molar-refractivity contribution < 1.29 is 14.0 Å². The van der Waals surface area contributed by atoms with Crippen molar-refractivity contribution in [2.24, 2.45) is 0 Å². The Morgan fingerprint density at radius 1 is 1.03 bits per heavy atom. The van der Waals surface area contributed by atoms with E-state index in [0.717, 1.165) is 31.5 Å². The van der Waals surface area contributed by atoms with E-state index in [0.29, 0.717) is 43.9 Å². The van der Waals surface area contributed by atoms with E-state index in [1.54, 1.807) is 33.4 Å². The summed E-state index contributed by atoms with van der Waals surface area (Å²) in [6.45, 7) is 3.71. The second-order valence-corrected chi connectivity index (χ2v) is 7.96. The molecule has 4 rings (SSSR count). The van der Waals surface area contributed by atoms with E-state index in [1.807, 2.05) is 0 Å². The van der Waals surface area contributed by atoms with E-state index < -0.39 is 5.82 Å². The van der Waals surface area contributed by atoms with Crippen molar-refractivity contribution in [1.29, 1.82) is 0 Å². The predicted octanol–water partition coefficient (Wildman–Crippen LogP) is 1.20. The van der Waals surface area contributed by atoms with Gasteiger partial charge in [-0.05, 0) is 37.5 Å². The Bertz CT molecular complexity index is 1020. The Labute approximate surface area is 173 Å². The average Bonchev–Trinajstić information content (AvgIpc) is 2.91. The van der Waals surface area contributed by atoms with E-state index in [2.05, 4.69) is 5.10 Å². The fourth-order valence-corrected chi connectivity index (χ4v) is 4.02. The third kappa shape index (κ3) is 4.01.